The van der Waals surface area contributed by atoms with Crippen LogP contribution in [0.1, 0.15) is 37.8 Å². The molecule has 0 bridgehead atoms. The summed E-state index contributed by atoms with van der Waals surface area (Å²) in [6.45, 7) is 0.880. The molecule has 6 nitrogen and oxygen atoms in total. The highest BCUT2D eigenvalue weighted by atomic mass is 16.2. The van der Waals surface area contributed by atoms with Gasteiger partial charge in [0.05, 0.1) is 0 Å². The predicted octanol–water partition coefficient (Wildman–Crippen LogP) is 1.37. The van der Waals surface area contributed by atoms with E-state index in [-0.39, 0.29) is 11.9 Å². The van der Waals surface area contributed by atoms with Gasteiger partial charge in [0.15, 0.2) is 0 Å². The van der Waals surface area contributed by atoms with Crippen molar-refractivity contribution in [2.24, 2.45) is 0 Å². The number of hydrogen-bond donors (Lipinski definition) is 3. The van der Waals surface area contributed by atoms with Gasteiger partial charge in [0, 0.05) is 43.9 Å². The summed E-state index contributed by atoms with van der Waals surface area (Å²) >= 11 is 0. The monoisotopic (exact) mass is 304 g/mol. The highest BCUT2D eigenvalue weighted by Gasteiger charge is 2.16. The fourth-order valence-electron chi connectivity index (χ4n) is 2.57. The molecule has 22 heavy (non-hydrogen) atoms. The fraction of sp³-hybridized carbons (Fsp3) is 0.562. The summed E-state index contributed by atoms with van der Waals surface area (Å²) in [6, 6.07) is 5.79. The zero-order valence-electron chi connectivity index (χ0n) is 12.8. The van der Waals surface area contributed by atoms with Crippen LogP contribution in [0.5, 0.6) is 0 Å². The predicted molar refractivity (Wildman–Crippen MR) is 84.4 cm³/mol. The Labute approximate surface area is 131 Å². The third kappa shape index (κ3) is 6.11. The molecule has 0 atom stereocenters. The number of rotatable bonds is 7. The lowest BCUT2D eigenvalue weighted by Crippen LogP contribution is -2.40. The maximum atomic E-state index is 11.7. The molecule has 2 rings (SSSR count). The van der Waals surface area contributed by atoms with Crippen LogP contribution in [0.4, 0.5) is 4.79 Å². The minimum Gasteiger partial charge on any atom is -0.353 e. The van der Waals surface area contributed by atoms with E-state index in [1.807, 2.05) is 18.2 Å². The van der Waals surface area contributed by atoms with Gasteiger partial charge in [0.1, 0.15) is 0 Å². The van der Waals surface area contributed by atoms with E-state index in [0.717, 1.165) is 18.5 Å². The Hall–Kier alpha value is -2.11. The first-order chi connectivity index (χ1) is 10.7. The van der Waals surface area contributed by atoms with Gasteiger partial charge in [-0.1, -0.05) is 18.9 Å². The van der Waals surface area contributed by atoms with Gasteiger partial charge >= 0.3 is 6.03 Å². The first-order valence-electron chi connectivity index (χ1n) is 7.95. The Morgan fingerprint density at radius 2 is 1.91 bits per heavy atom. The number of amides is 3. The zero-order valence-corrected chi connectivity index (χ0v) is 12.8. The van der Waals surface area contributed by atoms with E-state index < -0.39 is 0 Å². The number of nitrogens with zero attached hydrogens (tertiary/aromatic N) is 1. The lowest BCUT2D eigenvalue weighted by Gasteiger charge is -2.12. The molecule has 1 aliphatic rings. The third-order valence-corrected chi connectivity index (χ3v) is 3.75. The van der Waals surface area contributed by atoms with E-state index >= 15 is 0 Å². The van der Waals surface area contributed by atoms with E-state index in [1.54, 1.807) is 6.20 Å². The molecule has 0 radical (unpaired) electrons. The quantitative estimate of drug-likeness (QED) is 0.711. The molecule has 1 aromatic heterocycles. The first kappa shape index (κ1) is 16.3. The van der Waals surface area contributed by atoms with Gasteiger partial charge < -0.3 is 16.0 Å². The highest BCUT2D eigenvalue weighted by Crippen LogP contribution is 2.17. The summed E-state index contributed by atoms with van der Waals surface area (Å²) in [4.78, 5) is 27.5. The van der Waals surface area contributed by atoms with Crippen molar-refractivity contribution >= 4 is 11.9 Å². The Balaban J connectivity index is 1.51. The molecule has 1 aromatic rings. The van der Waals surface area contributed by atoms with Crippen molar-refractivity contribution < 1.29 is 9.59 Å². The van der Waals surface area contributed by atoms with Crippen LogP contribution in [0.15, 0.2) is 24.4 Å². The van der Waals surface area contributed by atoms with Crippen molar-refractivity contribution in [2.45, 2.75) is 44.6 Å². The molecule has 1 heterocycles. The standard InChI is InChI=1S/C16H24N4O2/c21-15(20-14-6-1-2-7-14)9-12-19-16(22)18-11-8-13-5-3-4-10-17-13/h3-5,10,14H,1-2,6-9,11-12H2,(H,20,21)(H2,18,19,22). The van der Waals surface area contributed by atoms with Crippen LogP contribution in [-0.2, 0) is 11.2 Å². The topological polar surface area (TPSA) is 83.1 Å². The maximum absolute atomic E-state index is 11.7. The lowest BCUT2D eigenvalue weighted by molar-refractivity contribution is -0.121. The minimum atomic E-state index is -0.246. The second-order valence-electron chi connectivity index (χ2n) is 5.55. The molecular weight excluding hydrogens is 280 g/mol. The number of urea groups is 1. The first-order valence-corrected chi connectivity index (χ1v) is 7.95. The highest BCUT2D eigenvalue weighted by molar-refractivity contribution is 5.78. The van der Waals surface area contributed by atoms with Crippen LogP contribution < -0.4 is 16.0 Å². The molecule has 6 heteroatoms. The van der Waals surface area contributed by atoms with Crippen LogP contribution in [0.2, 0.25) is 0 Å². The number of nitrogens with one attached hydrogen (secondary N) is 3. The zero-order chi connectivity index (χ0) is 15.6. The number of carbonyl (C=O) groups is 2. The van der Waals surface area contributed by atoms with Gasteiger partial charge in [0.25, 0.3) is 0 Å². The molecule has 0 aromatic carbocycles. The normalized spacial score (nSPS) is 14.5. The molecule has 3 N–H and O–H groups in total. The van der Waals surface area contributed by atoms with Crippen molar-refractivity contribution in [3.8, 4) is 0 Å². The van der Waals surface area contributed by atoms with Crippen LogP contribution in [0.3, 0.4) is 0 Å². The van der Waals surface area contributed by atoms with Gasteiger partial charge in [-0.3, -0.25) is 9.78 Å². The van der Waals surface area contributed by atoms with E-state index in [4.69, 9.17) is 0 Å². The second kappa shape index (κ2) is 9.02. The summed E-state index contributed by atoms with van der Waals surface area (Å²) in [6.07, 6.45) is 7.29. The molecular formula is C16H24N4O2. The van der Waals surface area contributed by atoms with Crippen molar-refractivity contribution in [1.82, 2.24) is 20.9 Å². The Morgan fingerprint density at radius 3 is 2.64 bits per heavy atom. The Morgan fingerprint density at radius 1 is 1.14 bits per heavy atom. The van der Waals surface area contributed by atoms with Crippen LogP contribution in [0, 0.1) is 0 Å². The largest absolute Gasteiger partial charge is 0.353 e. The van der Waals surface area contributed by atoms with Crippen LogP contribution in [0.25, 0.3) is 0 Å². The smallest absolute Gasteiger partial charge is 0.314 e. The molecule has 0 spiro atoms. The van der Waals surface area contributed by atoms with Crippen molar-refractivity contribution in [2.75, 3.05) is 13.1 Å². The number of hydrogen-bond acceptors (Lipinski definition) is 3. The second-order valence-corrected chi connectivity index (χ2v) is 5.55. The fourth-order valence-corrected chi connectivity index (χ4v) is 2.57. The maximum Gasteiger partial charge on any atom is 0.314 e. The molecule has 120 valence electrons. The Bertz CT molecular complexity index is 472. The Kier molecular flexibility index (Phi) is 6.67. The molecule has 1 saturated carbocycles. The summed E-state index contributed by atoms with van der Waals surface area (Å²) in [5, 5.41) is 8.45. The summed E-state index contributed by atoms with van der Waals surface area (Å²) in [5.41, 5.74) is 0.943. The average Bonchev–Trinajstić information content (AvgIpc) is 3.01. The van der Waals surface area contributed by atoms with Crippen molar-refractivity contribution in [3.63, 3.8) is 0 Å². The molecule has 1 aliphatic carbocycles. The summed E-state index contributed by atoms with van der Waals surface area (Å²) in [5.74, 6) is 0.0145. The SMILES string of the molecule is O=C(CCNC(=O)NCCc1ccccn1)NC1CCCC1. The van der Waals surface area contributed by atoms with Gasteiger partial charge in [-0.15, -0.1) is 0 Å². The summed E-state index contributed by atoms with van der Waals surface area (Å²) in [7, 11) is 0. The number of carbonyl (C=O) groups excluding carboxylic acids is 2. The van der Waals surface area contributed by atoms with E-state index in [0.29, 0.717) is 32.0 Å². The molecule has 3 amide bonds. The van der Waals surface area contributed by atoms with Crippen LogP contribution >= 0.6 is 0 Å². The van der Waals surface area contributed by atoms with Gasteiger partial charge in [-0.2, -0.15) is 0 Å². The van der Waals surface area contributed by atoms with E-state index in [9.17, 15) is 9.59 Å². The molecule has 0 unspecified atom stereocenters. The number of aromatic nitrogens is 1. The third-order valence-electron chi connectivity index (χ3n) is 3.75. The molecule has 1 fully saturated rings. The summed E-state index contributed by atoms with van der Waals surface area (Å²) < 4.78 is 0. The van der Waals surface area contributed by atoms with E-state index in [2.05, 4.69) is 20.9 Å². The average molecular weight is 304 g/mol. The van der Waals surface area contributed by atoms with Crippen molar-refractivity contribution in [1.29, 1.82) is 0 Å². The minimum absolute atomic E-state index is 0.0145. The van der Waals surface area contributed by atoms with Gasteiger partial charge in [-0.25, -0.2) is 4.79 Å². The van der Waals surface area contributed by atoms with Crippen LogP contribution in [-0.4, -0.2) is 36.1 Å². The number of pyridine rings is 1. The lowest BCUT2D eigenvalue weighted by atomic mass is 10.2. The van der Waals surface area contributed by atoms with E-state index in [1.165, 1.54) is 12.8 Å². The van der Waals surface area contributed by atoms with Gasteiger partial charge in [-0.05, 0) is 25.0 Å². The molecule has 0 aliphatic heterocycles. The molecule has 0 saturated heterocycles. The van der Waals surface area contributed by atoms with Gasteiger partial charge in [0.2, 0.25) is 5.91 Å². The van der Waals surface area contributed by atoms with Crippen molar-refractivity contribution in [3.05, 3.63) is 30.1 Å².